The van der Waals surface area contributed by atoms with Crippen LogP contribution >= 0.6 is 0 Å². The van der Waals surface area contributed by atoms with Crippen molar-refractivity contribution >= 4 is 11.8 Å². The molecule has 0 radical (unpaired) electrons. The highest BCUT2D eigenvalue weighted by atomic mass is 16.2. The van der Waals surface area contributed by atoms with Crippen molar-refractivity contribution in [1.82, 2.24) is 4.90 Å². The molecule has 1 saturated heterocycles. The fourth-order valence-electron chi connectivity index (χ4n) is 1.63. The number of hydrogen-bond acceptors (Lipinski definition) is 2. The average molecular weight is 195 g/mol. The highest BCUT2D eigenvalue weighted by Crippen LogP contribution is 2.14. The van der Waals surface area contributed by atoms with Gasteiger partial charge in [0.25, 0.3) is 0 Å². The Kier molecular flexibility index (Phi) is 3.86. The minimum Gasteiger partial charge on any atom is -0.283 e. The second-order valence-electron chi connectivity index (χ2n) is 3.73. The molecule has 1 atom stereocenters. The van der Waals surface area contributed by atoms with Gasteiger partial charge in [0, 0.05) is 19.4 Å². The lowest BCUT2D eigenvalue weighted by Crippen LogP contribution is -2.30. The molecule has 78 valence electrons. The number of allylic oxidation sites excluding steroid dienone is 2. The molecule has 1 heterocycles. The molecule has 2 amide bonds. The highest BCUT2D eigenvalue weighted by molar-refractivity contribution is 6.01. The van der Waals surface area contributed by atoms with Crippen LogP contribution in [-0.2, 0) is 9.59 Å². The van der Waals surface area contributed by atoms with E-state index in [1.54, 1.807) is 0 Å². The second-order valence-corrected chi connectivity index (χ2v) is 3.73. The number of likely N-dealkylation sites (tertiary alicyclic amines) is 1. The minimum absolute atomic E-state index is 0.0114. The van der Waals surface area contributed by atoms with Crippen molar-refractivity contribution in [3.05, 3.63) is 12.2 Å². The maximum Gasteiger partial charge on any atom is 0.229 e. The minimum atomic E-state index is -0.0114. The summed E-state index contributed by atoms with van der Waals surface area (Å²) in [6, 6.07) is 0. The number of amides is 2. The van der Waals surface area contributed by atoms with Gasteiger partial charge in [-0.05, 0) is 19.3 Å². The van der Waals surface area contributed by atoms with Crippen molar-refractivity contribution < 1.29 is 9.59 Å². The molecular weight excluding hydrogens is 178 g/mol. The van der Waals surface area contributed by atoms with Crippen LogP contribution in [0.15, 0.2) is 12.2 Å². The quantitative estimate of drug-likeness (QED) is 0.506. The Hall–Kier alpha value is -1.12. The molecule has 1 aliphatic rings. The summed E-state index contributed by atoms with van der Waals surface area (Å²) in [7, 11) is 0. The first-order valence-electron chi connectivity index (χ1n) is 5.11. The van der Waals surface area contributed by atoms with E-state index in [0.717, 1.165) is 6.42 Å². The first-order valence-corrected chi connectivity index (χ1v) is 5.11. The molecule has 1 unspecified atom stereocenters. The number of carbonyl (C=O) groups is 2. The number of rotatable bonds is 4. The Balaban J connectivity index is 2.37. The molecule has 1 rings (SSSR count). The van der Waals surface area contributed by atoms with Gasteiger partial charge in [0.2, 0.25) is 11.8 Å². The second kappa shape index (κ2) is 4.94. The summed E-state index contributed by atoms with van der Waals surface area (Å²) in [5.41, 5.74) is 0. The molecule has 0 saturated carbocycles. The summed E-state index contributed by atoms with van der Waals surface area (Å²) in [4.78, 5) is 23.9. The van der Waals surface area contributed by atoms with Gasteiger partial charge in [0.05, 0.1) is 0 Å². The SMILES string of the molecule is C/C=C/C(C)CCN1C(=O)CCC1=O. The topological polar surface area (TPSA) is 37.4 Å². The van der Waals surface area contributed by atoms with Gasteiger partial charge in [-0.1, -0.05) is 19.1 Å². The summed E-state index contributed by atoms with van der Waals surface area (Å²) in [6.07, 6.45) is 5.75. The normalized spacial score (nSPS) is 19.7. The monoisotopic (exact) mass is 195 g/mol. The molecule has 0 aliphatic carbocycles. The molecule has 0 aromatic rings. The number of hydrogen-bond donors (Lipinski definition) is 0. The van der Waals surface area contributed by atoms with E-state index in [4.69, 9.17) is 0 Å². The van der Waals surface area contributed by atoms with Gasteiger partial charge >= 0.3 is 0 Å². The van der Waals surface area contributed by atoms with Crippen LogP contribution in [0.2, 0.25) is 0 Å². The van der Waals surface area contributed by atoms with Crippen molar-refractivity contribution in [2.75, 3.05) is 6.54 Å². The highest BCUT2D eigenvalue weighted by Gasteiger charge is 2.28. The van der Waals surface area contributed by atoms with Gasteiger partial charge in [-0.25, -0.2) is 0 Å². The van der Waals surface area contributed by atoms with E-state index in [9.17, 15) is 9.59 Å². The van der Waals surface area contributed by atoms with Crippen molar-refractivity contribution in [2.24, 2.45) is 5.92 Å². The van der Waals surface area contributed by atoms with Crippen molar-refractivity contribution in [3.8, 4) is 0 Å². The van der Waals surface area contributed by atoms with E-state index in [-0.39, 0.29) is 11.8 Å². The summed E-state index contributed by atoms with van der Waals surface area (Å²) < 4.78 is 0. The van der Waals surface area contributed by atoms with Crippen LogP contribution in [0, 0.1) is 5.92 Å². The maximum atomic E-state index is 11.2. The summed E-state index contributed by atoms with van der Waals surface area (Å²) in [5.74, 6) is 0.409. The smallest absolute Gasteiger partial charge is 0.229 e. The molecule has 0 aromatic carbocycles. The summed E-state index contributed by atoms with van der Waals surface area (Å²) in [6.45, 7) is 4.64. The van der Waals surface area contributed by atoms with Gasteiger partial charge in [0.15, 0.2) is 0 Å². The van der Waals surface area contributed by atoms with Crippen molar-refractivity contribution in [1.29, 1.82) is 0 Å². The van der Waals surface area contributed by atoms with E-state index in [0.29, 0.717) is 25.3 Å². The Morgan fingerprint density at radius 2 is 1.93 bits per heavy atom. The lowest BCUT2D eigenvalue weighted by Gasteiger charge is -2.15. The van der Waals surface area contributed by atoms with Gasteiger partial charge in [-0.2, -0.15) is 0 Å². The third-order valence-corrected chi connectivity index (χ3v) is 2.48. The van der Waals surface area contributed by atoms with Gasteiger partial charge in [0.1, 0.15) is 0 Å². The maximum absolute atomic E-state index is 11.2. The first-order chi connectivity index (χ1) is 6.65. The predicted molar refractivity (Wildman–Crippen MR) is 54.5 cm³/mol. The van der Waals surface area contributed by atoms with Gasteiger partial charge in [-0.15, -0.1) is 0 Å². The van der Waals surface area contributed by atoms with Crippen molar-refractivity contribution in [3.63, 3.8) is 0 Å². The third kappa shape index (κ3) is 2.69. The Morgan fingerprint density at radius 1 is 1.36 bits per heavy atom. The van der Waals surface area contributed by atoms with Crippen LogP contribution < -0.4 is 0 Å². The summed E-state index contributed by atoms with van der Waals surface area (Å²) >= 11 is 0. The predicted octanol–water partition coefficient (Wildman–Crippen LogP) is 1.74. The molecule has 0 spiro atoms. The van der Waals surface area contributed by atoms with E-state index in [1.807, 2.05) is 13.0 Å². The zero-order valence-electron chi connectivity index (χ0n) is 8.82. The van der Waals surface area contributed by atoms with Gasteiger partial charge in [-0.3, -0.25) is 14.5 Å². The molecule has 0 aromatic heterocycles. The standard InChI is InChI=1S/C11H17NO2/c1-3-4-9(2)7-8-12-10(13)5-6-11(12)14/h3-4,9H,5-8H2,1-2H3/b4-3+. The molecule has 0 N–H and O–H groups in total. The van der Waals surface area contributed by atoms with Crippen LogP contribution in [0.25, 0.3) is 0 Å². The average Bonchev–Trinajstić information content (AvgIpc) is 2.44. The van der Waals surface area contributed by atoms with Gasteiger partial charge < -0.3 is 0 Å². The van der Waals surface area contributed by atoms with Crippen LogP contribution in [0.3, 0.4) is 0 Å². The fourth-order valence-corrected chi connectivity index (χ4v) is 1.63. The first kappa shape index (κ1) is 11.0. The molecular formula is C11H17NO2. The Bertz CT molecular complexity index is 242. The Morgan fingerprint density at radius 3 is 2.43 bits per heavy atom. The lowest BCUT2D eigenvalue weighted by molar-refractivity contribution is -0.138. The lowest BCUT2D eigenvalue weighted by atomic mass is 10.1. The van der Waals surface area contributed by atoms with Crippen molar-refractivity contribution in [2.45, 2.75) is 33.1 Å². The van der Waals surface area contributed by atoms with Crippen LogP contribution in [0.5, 0.6) is 0 Å². The zero-order chi connectivity index (χ0) is 10.6. The molecule has 0 bridgehead atoms. The van der Waals surface area contributed by atoms with E-state index in [2.05, 4.69) is 13.0 Å². The van der Waals surface area contributed by atoms with Crippen LogP contribution in [0.4, 0.5) is 0 Å². The molecule has 1 fully saturated rings. The van der Waals surface area contributed by atoms with Crippen LogP contribution in [-0.4, -0.2) is 23.3 Å². The van der Waals surface area contributed by atoms with Crippen LogP contribution in [0.1, 0.15) is 33.1 Å². The van der Waals surface area contributed by atoms with E-state index < -0.39 is 0 Å². The third-order valence-electron chi connectivity index (χ3n) is 2.48. The Labute approximate surface area is 84.8 Å². The zero-order valence-corrected chi connectivity index (χ0v) is 8.82. The molecule has 3 nitrogen and oxygen atoms in total. The number of nitrogens with zero attached hydrogens (tertiary/aromatic N) is 1. The molecule has 14 heavy (non-hydrogen) atoms. The number of carbonyl (C=O) groups excluding carboxylic acids is 2. The van der Waals surface area contributed by atoms with E-state index in [1.165, 1.54) is 4.90 Å². The summed E-state index contributed by atoms with van der Waals surface area (Å²) in [5, 5.41) is 0. The largest absolute Gasteiger partial charge is 0.283 e. The fraction of sp³-hybridized carbons (Fsp3) is 0.636. The molecule has 1 aliphatic heterocycles. The van der Waals surface area contributed by atoms with E-state index >= 15 is 0 Å². The number of imide groups is 1. The molecule has 3 heteroatoms.